The Balaban J connectivity index is 1.12. The first-order valence-electron chi connectivity index (χ1n) is 11.7. The number of carbonyl (C=O) groups is 1. The summed E-state index contributed by atoms with van der Waals surface area (Å²) in [5.41, 5.74) is 7.94. The number of nitrogens with zero attached hydrogens (tertiary/aromatic N) is 5. The SMILES string of the molecule is Cc1cc(C)cc(-c2cn(CC(=O)Nc3ccc(-c4ccc5nc(-c6nccs6)sc5c4)cc3)nn2)c1. The summed E-state index contributed by atoms with van der Waals surface area (Å²) >= 11 is 3.24. The zero-order chi connectivity index (χ0) is 25.4. The number of thiazole rings is 2. The maximum Gasteiger partial charge on any atom is 0.246 e. The molecule has 0 unspecified atom stereocenters. The number of anilines is 1. The van der Waals surface area contributed by atoms with Crippen LogP contribution < -0.4 is 5.32 Å². The molecule has 6 aromatic rings. The van der Waals surface area contributed by atoms with Gasteiger partial charge in [-0.3, -0.25) is 4.79 Å². The van der Waals surface area contributed by atoms with E-state index < -0.39 is 0 Å². The van der Waals surface area contributed by atoms with Crippen LogP contribution in [0.2, 0.25) is 0 Å². The molecule has 0 saturated heterocycles. The van der Waals surface area contributed by atoms with E-state index >= 15 is 0 Å². The smallest absolute Gasteiger partial charge is 0.246 e. The van der Waals surface area contributed by atoms with Crippen molar-refractivity contribution in [2.45, 2.75) is 20.4 Å². The van der Waals surface area contributed by atoms with Gasteiger partial charge in [-0.15, -0.1) is 27.8 Å². The Labute approximate surface area is 221 Å². The maximum atomic E-state index is 12.6. The lowest BCUT2D eigenvalue weighted by molar-refractivity contribution is -0.116. The van der Waals surface area contributed by atoms with Crippen LogP contribution in [-0.4, -0.2) is 30.9 Å². The third-order valence-electron chi connectivity index (χ3n) is 5.87. The molecule has 0 aliphatic rings. The molecule has 3 aromatic heterocycles. The topological polar surface area (TPSA) is 85.6 Å². The van der Waals surface area contributed by atoms with Crippen LogP contribution >= 0.6 is 22.7 Å². The van der Waals surface area contributed by atoms with Gasteiger partial charge in [-0.2, -0.15) is 0 Å². The first kappa shape index (κ1) is 23.2. The highest BCUT2D eigenvalue weighted by Crippen LogP contribution is 2.34. The number of hydrogen-bond donors (Lipinski definition) is 1. The minimum Gasteiger partial charge on any atom is -0.324 e. The van der Waals surface area contributed by atoms with E-state index in [9.17, 15) is 4.79 Å². The largest absolute Gasteiger partial charge is 0.324 e. The number of hydrogen-bond acceptors (Lipinski definition) is 7. The minimum atomic E-state index is -0.162. The fourth-order valence-electron chi connectivity index (χ4n) is 4.25. The number of fused-ring (bicyclic) bond motifs is 1. The minimum absolute atomic E-state index is 0.0863. The predicted octanol–water partition coefficient (Wildman–Crippen LogP) is 6.60. The quantitative estimate of drug-likeness (QED) is 0.266. The summed E-state index contributed by atoms with van der Waals surface area (Å²) in [5.74, 6) is -0.162. The fraction of sp³-hybridized carbons (Fsp3) is 0.107. The normalized spacial score (nSPS) is 11.2. The van der Waals surface area contributed by atoms with Gasteiger partial charge in [0.15, 0.2) is 10.0 Å². The second-order valence-corrected chi connectivity index (χ2v) is 10.8. The molecule has 3 heterocycles. The van der Waals surface area contributed by atoms with Crippen LogP contribution in [-0.2, 0) is 11.3 Å². The van der Waals surface area contributed by atoms with Gasteiger partial charge in [-0.05, 0) is 61.4 Å². The molecule has 0 aliphatic heterocycles. The van der Waals surface area contributed by atoms with E-state index in [0.717, 1.165) is 59.4 Å². The van der Waals surface area contributed by atoms with Gasteiger partial charge in [-0.25, -0.2) is 14.6 Å². The molecule has 0 spiro atoms. The van der Waals surface area contributed by atoms with Crippen LogP contribution in [0, 0.1) is 13.8 Å². The summed E-state index contributed by atoms with van der Waals surface area (Å²) in [7, 11) is 0. The number of aromatic nitrogens is 5. The summed E-state index contributed by atoms with van der Waals surface area (Å²) in [6.07, 6.45) is 3.60. The molecule has 0 bridgehead atoms. The number of aryl methyl sites for hydroxylation is 2. The Hall–Kier alpha value is -4.21. The van der Waals surface area contributed by atoms with Gasteiger partial charge in [0.1, 0.15) is 12.2 Å². The summed E-state index contributed by atoms with van der Waals surface area (Å²) in [6, 6.07) is 20.3. The standard InChI is InChI=1S/C28H22N6OS2/c1-17-11-18(2)13-21(12-17)24-15-34(33-32-24)16-26(35)30-22-6-3-19(4-7-22)20-5-8-23-25(14-20)37-28(31-23)27-29-9-10-36-27/h3-15H,16H2,1-2H3,(H,30,35). The van der Waals surface area contributed by atoms with Crippen molar-refractivity contribution < 1.29 is 4.79 Å². The Bertz CT molecular complexity index is 1700. The number of nitrogens with one attached hydrogen (secondary N) is 1. The molecule has 182 valence electrons. The van der Waals surface area contributed by atoms with Gasteiger partial charge in [0, 0.05) is 22.8 Å². The lowest BCUT2D eigenvalue weighted by atomic mass is 10.1. The summed E-state index contributed by atoms with van der Waals surface area (Å²) in [6.45, 7) is 4.19. The van der Waals surface area contributed by atoms with Gasteiger partial charge in [0.2, 0.25) is 5.91 Å². The first-order valence-corrected chi connectivity index (χ1v) is 13.4. The monoisotopic (exact) mass is 522 g/mol. The van der Waals surface area contributed by atoms with Crippen molar-refractivity contribution in [3.8, 4) is 32.4 Å². The van der Waals surface area contributed by atoms with Crippen LogP contribution in [0.15, 0.2) is 78.4 Å². The molecule has 0 saturated carbocycles. The Morgan fingerprint density at radius 2 is 1.70 bits per heavy atom. The molecule has 0 atom stereocenters. The highest BCUT2D eigenvalue weighted by molar-refractivity contribution is 7.25. The molecular weight excluding hydrogens is 500 g/mol. The highest BCUT2D eigenvalue weighted by atomic mass is 32.1. The molecule has 37 heavy (non-hydrogen) atoms. The van der Waals surface area contributed by atoms with Gasteiger partial charge in [0.05, 0.1) is 16.4 Å². The predicted molar refractivity (Wildman–Crippen MR) is 150 cm³/mol. The van der Waals surface area contributed by atoms with Crippen molar-refractivity contribution in [1.82, 2.24) is 25.0 Å². The van der Waals surface area contributed by atoms with Crippen molar-refractivity contribution in [2.75, 3.05) is 5.32 Å². The van der Waals surface area contributed by atoms with Crippen LogP contribution in [0.3, 0.4) is 0 Å². The molecule has 3 aromatic carbocycles. The molecule has 7 nitrogen and oxygen atoms in total. The number of carbonyl (C=O) groups excluding carboxylic acids is 1. The van der Waals surface area contributed by atoms with Crippen molar-refractivity contribution in [3.63, 3.8) is 0 Å². The molecule has 1 N–H and O–H groups in total. The van der Waals surface area contributed by atoms with E-state index in [1.165, 1.54) is 0 Å². The average molecular weight is 523 g/mol. The Kier molecular flexibility index (Phi) is 6.07. The zero-order valence-corrected chi connectivity index (χ0v) is 21.8. The fourth-order valence-corrected chi connectivity index (χ4v) is 5.93. The van der Waals surface area contributed by atoms with Crippen LogP contribution in [0.25, 0.3) is 42.6 Å². The zero-order valence-electron chi connectivity index (χ0n) is 20.2. The second kappa shape index (κ2) is 9.68. The molecule has 9 heteroatoms. The number of rotatable bonds is 6. The Morgan fingerprint density at radius 1 is 0.919 bits per heavy atom. The summed E-state index contributed by atoms with van der Waals surface area (Å²) in [5, 5.41) is 15.1. The van der Waals surface area contributed by atoms with Crippen molar-refractivity contribution in [1.29, 1.82) is 0 Å². The van der Waals surface area contributed by atoms with Crippen LogP contribution in [0.4, 0.5) is 5.69 Å². The third-order valence-corrected chi connectivity index (χ3v) is 7.80. The number of amides is 1. The molecule has 0 radical (unpaired) electrons. The molecule has 6 rings (SSSR count). The third kappa shape index (κ3) is 5.04. The highest BCUT2D eigenvalue weighted by Gasteiger charge is 2.11. The van der Waals surface area contributed by atoms with Crippen molar-refractivity contribution in [3.05, 3.63) is 89.6 Å². The lowest BCUT2D eigenvalue weighted by Gasteiger charge is -2.07. The van der Waals surface area contributed by atoms with Crippen LogP contribution in [0.1, 0.15) is 11.1 Å². The van der Waals surface area contributed by atoms with Crippen LogP contribution in [0.5, 0.6) is 0 Å². The van der Waals surface area contributed by atoms with Gasteiger partial charge in [0.25, 0.3) is 0 Å². The lowest BCUT2D eigenvalue weighted by Crippen LogP contribution is -2.19. The van der Waals surface area contributed by atoms with E-state index in [2.05, 4.69) is 64.8 Å². The van der Waals surface area contributed by atoms with Gasteiger partial charge < -0.3 is 5.32 Å². The molecule has 0 aliphatic carbocycles. The van der Waals surface area contributed by atoms with Gasteiger partial charge in [-0.1, -0.05) is 40.6 Å². The first-order chi connectivity index (χ1) is 18.0. The Morgan fingerprint density at radius 3 is 2.46 bits per heavy atom. The van der Waals surface area contributed by atoms with Crippen molar-refractivity contribution >= 4 is 44.5 Å². The molecule has 1 amide bonds. The van der Waals surface area contributed by atoms with E-state index in [1.54, 1.807) is 39.7 Å². The van der Waals surface area contributed by atoms with E-state index in [4.69, 9.17) is 4.98 Å². The van der Waals surface area contributed by atoms with E-state index in [1.807, 2.05) is 35.7 Å². The summed E-state index contributed by atoms with van der Waals surface area (Å²) in [4.78, 5) is 21.7. The molecular formula is C28H22N6OS2. The maximum absolute atomic E-state index is 12.6. The van der Waals surface area contributed by atoms with E-state index in [0.29, 0.717) is 0 Å². The van der Waals surface area contributed by atoms with Crippen molar-refractivity contribution in [2.24, 2.45) is 0 Å². The van der Waals surface area contributed by atoms with Gasteiger partial charge >= 0.3 is 0 Å². The van der Waals surface area contributed by atoms with E-state index in [-0.39, 0.29) is 12.5 Å². The average Bonchev–Trinajstić information content (AvgIpc) is 3.64. The second-order valence-electron chi connectivity index (χ2n) is 8.84. The molecule has 0 fully saturated rings. The number of benzene rings is 3. The summed E-state index contributed by atoms with van der Waals surface area (Å²) < 4.78 is 2.68.